The Labute approximate surface area is 186 Å². The third kappa shape index (κ3) is 4.69. The molecule has 0 aliphatic carbocycles. The Morgan fingerprint density at radius 2 is 1.81 bits per heavy atom. The molecule has 1 atom stereocenters. The number of carbonyl (C=O) groups excluding carboxylic acids is 1. The van der Waals surface area contributed by atoms with Crippen LogP contribution in [0.3, 0.4) is 0 Å². The molecule has 1 aromatic heterocycles. The van der Waals surface area contributed by atoms with Gasteiger partial charge in [-0.15, -0.1) is 10.2 Å². The lowest BCUT2D eigenvalue weighted by Crippen LogP contribution is -2.24. The van der Waals surface area contributed by atoms with E-state index in [1.54, 1.807) is 7.11 Å². The number of carbonyl (C=O) groups is 1. The van der Waals surface area contributed by atoms with Crippen molar-refractivity contribution in [2.75, 3.05) is 30.4 Å². The number of nitrogens with one attached hydrogen (secondary N) is 1. The molecule has 1 aliphatic rings. The van der Waals surface area contributed by atoms with E-state index in [1.807, 2.05) is 31.2 Å². The number of amides is 1. The van der Waals surface area contributed by atoms with Gasteiger partial charge in [-0.3, -0.25) is 9.36 Å². The third-order valence-electron chi connectivity index (χ3n) is 5.31. The number of anilines is 2. The molecule has 1 N–H and O–H groups in total. The van der Waals surface area contributed by atoms with Gasteiger partial charge in [0.1, 0.15) is 5.75 Å². The molecule has 1 unspecified atom stereocenters. The molecule has 0 radical (unpaired) electrons. The Bertz CT molecular complexity index is 1040. The van der Waals surface area contributed by atoms with Crippen molar-refractivity contribution in [3.63, 3.8) is 0 Å². The van der Waals surface area contributed by atoms with Gasteiger partial charge < -0.3 is 15.0 Å². The minimum absolute atomic E-state index is 0.115. The van der Waals surface area contributed by atoms with Gasteiger partial charge in [0.2, 0.25) is 11.9 Å². The quantitative estimate of drug-likeness (QED) is 0.556. The summed E-state index contributed by atoms with van der Waals surface area (Å²) in [4.78, 5) is 15.1. The molecule has 2 heterocycles. The lowest BCUT2D eigenvalue weighted by Gasteiger charge is -2.19. The SMILES string of the molecule is COc1ccccc1NC(=O)C(C)Sc1nnc(N2CCCC2)n1-c1ccc(C)cc1. The predicted molar refractivity (Wildman–Crippen MR) is 124 cm³/mol. The molecule has 8 heteroatoms. The summed E-state index contributed by atoms with van der Waals surface area (Å²) < 4.78 is 7.40. The fourth-order valence-corrected chi connectivity index (χ4v) is 4.44. The molecule has 162 valence electrons. The van der Waals surface area contributed by atoms with Crippen LogP contribution in [0.25, 0.3) is 5.69 Å². The molecule has 31 heavy (non-hydrogen) atoms. The smallest absolute Gasteiger partial charge is 0.237 e. The van der Waals surface area contributed by atoms with Gasteiger partial charge >= 0.3 is 0 Å². The minimum atomic E-state index is -0.371. The van der Waals surface area contributed by atoms with Gasteiger partial charge in [0, 0.05) is 13.1 Å². The number of nitrogens with zero attached hydrogens (tertiary/aromatic N) is 4. The van der Waals surface area contributed by atoms with Crippen molar-refractivity contribution in [2.24, 2.45) is 0 Å². The number of benzene rings is 2. The number of hydrogen-bond acceptors (Lipinski definition) is 6. The van der Waals surface area contributed by atoms with Gasteiger partial charge in [-0.1, -0.05) is 41.6 Å². The highest BCUT2D eigenvalue weighted by molar-refractivity contribution is 8.00. The molecular formula is C23H27N5O2S. The summed E-state index contributed by atoms with van der Waals surface area (Å²) in [5, 5.41) is 12.2. The van der Waals surface area contributed by atoms with Crippen LogP contribution in [0.1, 0.15) is 25.3 Å². The zero-order chi connectivity index (χ0) is 21.8. The predicted octanol–water partition coefficient (Wildman–Crippen LogP) is 4.30. The lowest BCUT2D eigenvalue weighted by molar-refractivity contribution is -0.115. The summed E-state index contributed by atoms with van der Waals surface area (Å²) in [7, 11) is 1.59. The van der Waals surface area contributed by atoms with Crippen LogP contribution in [-0.2, 0) is 4.79 Å². The Kier molecular flexibility index (Phi) is 6.46. The molecule has 1 amide bonds. The lowest BCUT2D eigenvalue weighted by atomic mass is 10.2. The van der Waals surface area contributed by atoms with Crippen molar-refractivity contribution in [3.05, 3.63) is 54.1 Å². The molecule has 1 saturated heterocycles. The van der Waals surface area contributed by atoms with Crippen molar-refractivity contribution in [1.82, 2.24) is 14.8 Å². The number of thioether (sulfide) groups is 1. The average molecular weight is 438 g/mol. The van der Waals surface area contributed by atoms with E-state index >= 15 is 0 Å². The van der Waals surface area contributed by atoms with E-state index in [2.05, 4.69) is 56.2 Å². The molecule has 2 aromatic carbocycles. The second-order valence-corrected chi connectivity index (χ2v) is 8.91. The summed E-state index contributed by atoms with van der Waals surface area (Å²) >= 11 is 1.40. The Hall–Kier alpha value is -3.00. The van der Waals surface area contributed by atoms with Crippen LogP contribution in [0.5, 0.6) is 5.75 Å². The Morgan fingerprint density at radius 3 is 2.52 bits per heavy atom. The second kappa shape index (κ2) is 9.43. The maximum Gasteiger partial charge on any atom is 0.237 e. The summed E-state index contributed by atoms with van der Waals surface area (Å²) in [5.41, 5.74) is 2.84. The van der Waals surface area contributed by atoms with Crippen LogP contribution in [0.2, 0.25) is 0 Å². The van der Waals surface area contributed by atoms with E-state index in [1.165, 1.54) is 17.3 Å². The third-order valence-corrected chi connectivity index (χ3v) is 6.36. The molecule has 1 fully saturated rings. The molecule has 4 rings (SSSR count). The number of rotatable bonds is 7. The first-order valence-corrected chi connectivity index (χ1v) is 11.3. The van der Waals surface area contributed by atoms with Gasteiger partial charge in [0.25, 0.3) is 0 Å². The van der Waals surface area contributed by atoms with Crippen LogP contribution < -0.4 is 15.0 Å². The highest BCUT2D eigenvalue weighted by Gasteiger charge is 2.25. The van der Waals surface area contributed by atoms with Gasteiger partial charge in [-0.05, 0) is 51.0 Å². The molecule has 7 nitrogen and oxygen atoms in total. The molecular weight excluding hydrogens is 410 g/mol. The van der Waals surface area contributed by atoms with E-state index in [0.717, 1.165) is 37.6 Å². The number of hydrogen-bond donors (Lipinski definition) is 1. The average Bonchev–Trinajstić information content (AvgIpc) is 3.45. The number of ether oxygens (including phenoxy) is 1. The number of aromatic nitrogens is 3. The largest absolute Gasteiger partial charge is 0.495 e. The Morgan fingerprint density at radius 1 is 1.10 bits per heavy atom. The zero-order valence-corrected chi connectivity index (χ0v) is 18.9. The van der Waals surface area contributed by atoms with E-state index in [-0.39, 0.29) is 11.2 Å². The second-order valence-electron chi connectivity index (χ2n) is 7.60. The number of aryl methyl sites for hydroxylation is 1. The Balaban J connectivity index is 1.58. The van der Waals surface area contributed by atoms with E-state index in [4.69, 9.17) is 4.74 Å². The van der Waals surface area contributed by atoms with Crippen LogP contribution in [0.15, 0.2) is 53.7 Å². The topological polar surface area (TPSA) is 72.3 Å². The van der Waals surface area contributed by atoms with Crippen LogP contribution >= 0.6 is 11.8 Å². The van der Waals surface area contributed by atoms with Crippen LogP contribution in [0.4, 0.5) is 11.6 Å². The van der Waals surface area contributed by atoms with E-state index in [9.17, 15) is 4.79 Å². The van der Waals surface area contributed by atoms with Crippen molar-refractivity contribution >= 4 is 29.3 Å². The zero-order valence-electron chi connectivity index (χ0n) is 18.0. The minimum Gasteiger partial charge on any atom is -0.495 e. The molecule has 0 spiro atoms. The number of para-hydroxylation sites is 2. The van der Waals surface area contributed by atoms with Crippen LogP contribution in [0, 0.1) is 6.92 Å². The van der Waals surface area contributed by atoms with Gasteiger partial charge in [-0.25, -0.2) is 0 Å². The number of methoxy groups -OCH3 is 1. The highest BCUT2D eigenvalue weighted by Crippen LogP contribution is 2.32. The summed E-state index contributed by atoms with van der Waals surface area (Å²) in [5.74, 6) is 1.35. The van der Waals surface area contributed by atoms with Gasteiger partial charge in [0.05, 0.1) is 23.7 Å². The summed E-state index contributed by atoms with van der Waals surface area (Å²) in [6, 6.07) is 15.7. The highest BCUT2D eigenvalue weighted by atomic mass is 32.2. The van der Waals surface area contributed by atoms with Gasteiger partial charge in [0.15, 0.2) is 5.16 Å². The summed E-state index contributed by atoms with van der Waals surface area (Å²) in [6.07, 6.45) is 2.31. The fraction of sp³-hybridized carbons (Fsp3) is 0.348. The standard InChI is InChI=1S/C23H27N5O2S/c1-16-10-12-18(13-11-16)28-22(27-14-6-7-15-27)25-26-23(28)31-17(2)21(29)24-19-8-4-5-9-20(19)30-3/h4-5,8-13,17H,6-7,14-15H2,1-3H3,(H,24,29). The van der Waals surface area contributed by atoms with E-state index < -0.39 is 0 Å². The van der Waals surface area contributed by atoms with E-state index in [0.29, 0.717) is 16.6 Å². The van der Waals surface area contributed by atoms with Crippen LogP contribution in [-0.4, -0.2) is 46.1 Å². The molecule has 0 saturated carbocycles. The fourth-order valence-electron chi connectivity index (χ4n) is 3.57. The maximum absolute atomic E-state index is 12.9. The van der Waals surface area contributed by atoms with Gasteiger partial charge in [-0.2, -0.15) is 0 Å². The van der Waals surface area contributed by atoms with Crippen molar-refractivity contribution in [3.8, 4) is 11.4 Å². The van der Waals surface area contributed by atoms with Crippen molar-refractivity contribution < 1.29 is 9.53 Å². The maximum atomic E-state index is 12.9. The molecule has 1 aliphatic heterocycles. The molecule has 0 bridgehead atoms. The molecule has 3 aromatic rings. The first kappa shape index (κ1) is 21.2. The normalized spacial score (nSPS) is 14.5. The van der Waals surface area contributed by atoms with Crippen molar-refractivity contribution in [2.45, 2.75) is 37.1 Å². The first-order chi connectivity index (χ1) is 15.1. The monoisotopic (exact) mass is 437 g/mol. The first-order valence-electron chi connectivity index (χ1n) is 10.4. The van der Waals surface area contributed by atoms with Crippen molar-refractivity contribution in [1.29, 1.82) is 0 Å². The summed E-state index contributed by atoms with van der Waals surface area (Å²) in [6.45, 7) is 5.88.